The van der Waals surface area contributed by atoms with Gasteiger partial charge >= 0.3 is 5.97 Å². The van der Waals surface area contributed by atoms with Crippen LogP contribution in [0.5, 0.6) is 0 Å². The summed E-state index contributed by atoms with van der Waals surface area (Å²) in [5, 5.41) is 9.25. The van der Waals surface area contributed by atoms with Gasteiger partial charge in [-0.05, 0) is 55.8 Å². The predicted molar refractivity (Wildman–Crippen MR) is 121 cm³/mol. The Labute approximate surface area is 178 Å². The number of benzene rings is 2. The lowest BCUT2D eigenvalue weighted by molar-refractivity contribution is -0.113. The number of likely N-dealkylation sites (N-methyl/N-ethyl adjacent to an activating group) is 1. The molecule has 1 N–H and O–H groups in total. The zero-order valence-electron chi connectivity index (χ0n) is 15.9. The highest BCUT2D eigenvalue weighted by molar-refractivity contribution is 8.27. The highest BCUT2D eigenvalue weighted by Crippen LogP contribution is 2.41. The molecule has 0 radical (unpaired) electrons. The van der Waals surface area contributed by atoms with Crippen molar-refractivity contribution in [3.05, 3.63) is 75.8 Å². The molecule has 146 valence electrons. The number of rotatable bonds is 3. The lowest BCUT2D eigenvalue weighted by atomic mass is 10.0. The molecule has 7 heteroatoms. The number of aromatic carboxylic acids is 1. The van der Waals surface area contributed by atoms with Gasteiger partial charge in [0, 0.05) is 12.2 Å². The van der Waals surface area contributed by atoms with Crippen LogP contribution in [0.1, 0.15) is 28.4 Å². The second-order valence-electron chi connectivity index (χ2n) is 6.72. The summed E-state index contributed by atoms with van der Waals surface area (Å²) in [7, 11) is 0. The van der Waals surface area contributed by atoms with Crippen LogP contribution < -0.4 is 9.80 Å². The van der Waals surface area contributed by atoms with E-state index in [2.05, 4.69) is 30.0 Å². The number of anilines is 2. The van der Waals surface area contributed by atoms with Gasteiger partial charge in [0.15, 0.2) is 4.32 Å². The second kappa shape index (κ2) is 7.50. The van der Waals surface area contributed by atoms with Crippen molar-refractivity contribution >= 4 is 57.6 Å². The highest BCUT2D eigenvalue weighted by atomic mass is 32.2. The molecule has 1 saturated heterocycles. The van der Waals surface area contributed by atoms with Crippen LogP contribution in [-0.2, 0) is 4.79 Å². The summed E-state index contributed by atoms with van der Waals surface area (Å²) in [5.41, 5.74) is 4.72. The van der Waals surface area contributed by atoms with Gasteiger partial charge in [-0.3, -0.25) is 9.69 Å². The molecular weight excluding hydrogens is 404 g/mol. The molecule has 2 aromatic rings. The molecule has 0 spiro atoms. The zero-order chi connectivity index (χ0) is 20.7. The van der Waals surface area contributed by atoms with E-state index < -0.39 is 5.97 Å². The Morgan fingerprint density at radius 2 is 1.97 bits per heavy atom. The van der Waals surface area contributed by atoms with Crippen LogP contribution in [0.4, 0.5) is 11.4 Å². The lowest BCUT2D eigenvalue weighted by Crippen LogP contribution is -2.30. The van der Waals surface area contributed by atoms with Crippen molar-refractivity contribution in [1.29, 1.82) is 0 Å². The normalized spacial score (nSPS) is 18.4. The molecule has 0 aromatic heterocycles. The maximum absolute atomic E-state index is 13.3. The Hall–Kier alpha value is -2.90. The number of fused-ring (bicyclic) bond motifs is 1. The maximum atomic E-state index is 13.3. The Morgan fingerprint density at radius 3 is 2.69 bits per heavy atom. The fourth-order valence-electron chi connectivity index (χ4n) is 3.50. The van der Waals surface area contributed by atoms with Crippen LogP contribution in [0, 0.1) is 6.92 Å². The van der Waals surface area contributed by atoms with Crippen molar-refractivity contribution in [2.24, 2.45) is 0 Å². The van der Waals surface area contributed by atoms with E-state index in [9.17, 15) is 14.7 Å². The number of thioether (sulfide) groups is 1. The van der Waals surface area contributed by atoms with Crippen molar-refractivity contribution in [2.75, 3.05) is 16.3 Å². The first kappa shape index (κ1) is 19.4. The van der Waals surface area contributed by atoms with Crippen molar-refractivity contribution in [3.8, 4) is 0 Å². The molecule has 2 aliphatic heterocycles. The van der Waals surface area contributed by atoms with E-state index in [1.165, 1.54) is 34.4 Å². The fraction of sp³-hybridized carbons (Fsp3) is 0.136. The lowest BCUT2D eigenvalue weighted by Gasteiger charge is -2.30. The number of thiocarbonyl (C=S) groups is 1. The number of carboxylic acid groups (broad SMARTS) is 1. The number of aryl methyl sites for hydroxylation is 1. The number of nitrogens with zero attached hydrogens (tertiary/aromatic N) is 2. The van der Waals surface area contributed by atoms with Gasteiger partial charge in [-0.15, -0.1) is 0 Å². The third kappa shape index (κ3) is 3.36. The SMILES string of the molecule is CCN1C(=C2SC(=S)N(c3cccc(C(=O)O)c3)C2=O)C=Cc2cc(C)ccc21. The van der Waals surface area contributed by atoms with E-state index in [1.54, 1.807) is 12.1 Å². The molecule has 0 unspecified atom stereocenters. The average Bonchev–Trinajstić information content (AvgIpc) is 3.00. The minimum absolute atomic E-state index is 0.112. The molecule has 29 heavy (non-hydrogen) atoms. The quantitative estimate of drug-likeness (QED) is 0.565. The minimum Gasteiger partial charge on any atom is -0.478 e. The van der Waals surface area contributed by atoms with Crippen molar-refractivity contribution in [2.45, 2.75) is 13.8 Å². The van der Waals surface area contributed by atoms with E-state index >= 15 is 0 Å². The molecule has 2 aromatic carbocycles. The zero-order valence-corrected chi connectivity index (χ0v) is 17.5. The summed E-state index contributed by atoms with van der Waals surface area (Å²) in [6.45, 7) is 4.80. The Bertz CT molecular complexity index is 1120. The van der Waals surface area contributed by atoms with Crippen molar-refractivity contribution < 1.29 is 14.7 Å². The second-order valence-corrected chi connectivity index (χ2v) is 8.36. The van der Waals surface area contributed by atoms with Crippen LogP contribution >= 0.6 is 24.0 Å². The van der Waals surface area contributed by atoms with Gasteiger partial charge in [0.2, 0.25) is 0 Å². The molecule has 0 saturated carbocycles. The number of hydrogen-bond donors (Lipinski definition) is 1. The molecule has 1 fully saturated rings. The predicted octanol–water partition coefficient (Wildman–Crippen LogP) is 4.82. The van der Waals surface area contributed by atoms with E-state index in [0.717, 1.165) is 16.9 Å². The van der Waals surface area contributed by atoms with Crippen LogP contribution in [-0.4, -0.2) is 27.8 Å². The van der Waals surface area contributed by atoms with Gasteiger partial charge in [0.1, 0.15) is 4.91 Å². The molecule has 0 bridgehead atoms. The number of carboxylic acids is 1. The number of amides is 1. The summed E-state index contributed by atoms with van der Waals surface area (Å²) in [6, 6.07) is 12.5. The van der Waals surface area contributed by atoms with Crippen LogP contribution in [0.3, 0.4) is 0 Å². The molecule has 0 aliphatic carbocycles. The number of carbonyl (C=O) groups excluding carboxylic acids is 1. The van der Waals surface area contributed by atoms with Crippen LogP contribution in [0.25, 0.3) is 6.08 Å². The van der Waals surface area contributed by atoms with Crippen LogP contribution in [0.15, 0.2) is 59.1 Å². The summed E-state index contributed by atoms with van der Waals surface area (Å²) in [5.74, 6) is -1.29. The van der Waals surface area contributed by atoms with E-state index in [1.807, 2.05) is 19.1 Å². The molecule has 0 atom stereocenters. The molecule has 2 aliphatic rings. The highest BCUT2D eigenvalue weighted by Gasteiger charge is 2.37. The maximum Gasteiger partial charge on any atom is 0.335 e. The van der Waals surface area contributed by atoms with E-state index in [4.69, 9.17) is 12.2 Å². The number of hydrogen-bond acceptors (Lipinski definition) is 5. The Morgan fingerprint density at radius 1 is 1.17 bits per heavy atom. The van der Waals surface area contributed by atoms with E-state index in [0.29, 0.717) is 21.5 Å². The summed E-state index contributed by atoms with van der Waals surface area (Å²) < 4.78 is 0.388. The summed E-state index contributed by atoms with van der Waals surface area (Å²) >= 11 is 6.71. The molecular formula is C22H18N2O3S2. The Kier molecular flexibility index (Phi) is 5.02. The standard InChI is InChI=1S/C22H18N2O3S2/c1-3-23-17-9-7-13(2)11-14(17)8-10-18(23)19-20(25)24(22(28)29-19)16-6-4-5-15(12-16)21(26)27/h4-12H,3H2,1-2H3,(H,26,27). The topological polar surface area (TPSA) is 60.9 Å². The monoisotopic (exact) mass is 422 g/mol. The van der Waals surface area contributed by atoms with Gasteiger partial charge in [-0.25, -0.2) is 4.79 Å². The number of allylic oxidation sites excluding steroid dienone is 1. The molecule has 4 rings (SSSR count). The largest absolute Gasteiger partial charge is 0.478 e. The van der Waals surface area contributed by atoms with Crippen molar-refractivity contribution in [3.63, 3.8) is 0 Å². The molecule has 5 nitrogen and oxygen atoms in total. The summed E-state index contributed by atoms with van der Waals surface area (Å²) in [6.07, 6.45) is 3.96. The third-order valence-electron chi connectivity index (χ3n) is 4.85. The fourth-order valence-corrected chi connectivity index (χ4v) is 4.86. The smallest absolute Gasteiger partial charge is 0.335 e. The van der Waals surface area contributed by atoms with E-state index in [-0.39, 0.29) is 11.5 Å². The number of carbonyl (C=O) groups is 2. The molecule has 2 heterocycles. The first-order chi connectivity index (χ1) is 13.9. The third-order valence-corrected chi connectivity index (χ3v) is 6.23. The summed E-state index contributed by atoms with van der Waals surface area (Å²) in [4.78, 5) is 28.6. The first-order valence-corrected chi connectivity index (χ1v) is 10.3. The van der Waals surface area contributed by atoms with Crippen LogP contribution in [0.2, 0.25) is 0 Å². The van der Waals surface area contributed by atoms with Gasteiger partial charge in [-0.2, -0.15) is 0 Å². The van der Waals surface area contributed by atoms with Gasteiger partial charge < -0.3 is 10.0 Å². The average molecular weight is 423 g/mol. The first-order valence-electron chi connectivity index (χ1n) is 9.11. The van der Waals surface area contributed by atoms with Crippen molar-refractivity contribution in [1.82, 2.24) is 0 Å². The van der Waals surface area contributed by atoms with Gasteiger partial charge in [-0.1, -0.05) is 47.8 Å². The Balaban J connectivity index is 1.77. The van der Waals surface area contributed by atoms with Gasteiger partial charge in [0.25, 0.3) is 5.91 Å². The van der Waals surface area contributed by atoms with Gasteiger partial charge in [0.05, 0.1) is 16.9 Å². The minimum atomic E-state index is -1.05. The molecule has 1 amide bonds.